The molecule has 0 aromatic heterocycles. The van der Waals surface area contributed by atoms with Gasteiger partial charge in [-0.1, -0.05) is 314 Å². The molecule has 2 unspecified atom stereocenters. The molecular formula is C66H127NO5. The molecule has 0 aliphatic carbocycles. The Bertz CT molecular complexity index is 1120. The Morgan fingerprint density at radius 3 is 0.986 bits per heavy atom. The number of aliphatic hydroxyl groups is 2. The molecule has 0 aliphatic heterocycles. The Morgan fingerprint density at radius 2 is 0.653 bits per heavy atom. The first-order valence-electron chi connectivity index (χ1n) is 32.6. The van der Waals surface area contributed by atoms with Crippen molar-refractivity contribution in [2.24, 2.45) is 0 Å². The van der Waals surface area contributed by atoms with Crippen LogP contribution < -0.4 is 5.32 Å². The Hall–Kier alpha value is -1.66. The van der Waals surface area contributed by atoms with Gasteiger partial charge in [0.15, 0.2) is 0 Å². The van der Waals surface area contributed by atoms with Crippen LogP contribution in [0.4, 0.5) is 0 Å². The van der Waals surface area contributed by atoms with E-state index >= 15 is 0 Å². The van der Waals surface area contributed by atoms with Crippen molar-refractivity contribution in [1.82, 2.24) is 5.32 Å². The smallest absolute Gasteiger partial charge is 0.305 e. The summed E-state index contributed by atoms with van der Waals surface area (Å²) in [5, 5.41) is 23.2. The summed E-state index contributed by atoms with van der Waals surface area (Å²) in [4.78, 5) is 24.5. The van der Waals surface area contributed by atoms with Gasteiger partial charge < -0.3 is 20.3 Å². The fourth-order valence-electron chi connectivity index (χ4n) is 10.2. The van der Waals surface area contributed by atoms with Crippen LogP contribution in [0.1, 0.15) is 361 Å². The lowest BCUT2D eigenvalue weighted by molar-refractivity contribution is -0.143. The van der Waals surface area contributed by atoms with Crippen molar-refractivity contribution in [3.63, 3.8) is 0 Å². The van der Waals surface area contributed by atoms with E-state index in [4.69, 9.17) is 4.74 Å². The highest BCUT2D eigenvalue weighted by molar-refractivity contribution is 5.76. The van der Waals surface area contributed by atoms with Crippen molar-refractivity contribution in [2.75, 3.05) is 13.2 Å². The Kier molecular flexibility index (Phi) is 60.5. The zero-order valence-electron chi connectivity index (χ0n) is 48.7. The van der Waals surface area contributed by atoms with Gasteiger partial charge >= 0.3 is 5.97 Å². The molecule has 0 saturated heterocycles. The molecule has 0 radical (unpaired) electrons. The van der Waals surface area contributed by atoms with E-state index in [2.05, 4.69) is 31.3 Å². The SMILES string of the molecule is CCCCCCC/C=C\CCCCCCCC(=O)OCCCCCCCCCCCCCCCCCCCCCCCCCCCC(=O)NC(CO)C(O)/C=C/CCCCCCCCCCCCCCCC. The second-order valence-electron chi connectivity index (χ2n) is 22.5. The average molecular weight is 1010 g/mol. The molecule has 426 valence electrons. The number of hydrogen-bond acceptors (Lipinski definition) is 5. The monoisotopic (exact) mass is 1010 g/mol. The van der Waals surface area contributed by atoms with Crippen molar-refractivity contribution >= 4 is 11.9 Å². The number of allylic oxidation sites excluding steroid dienone is 3. The normalized spacial score (nSPS) is 12.7. The summed E-state index contributed by atoms with van der Waals surface area (Å²) in [5.74, 6) is -0.0561. The zero-order chi connectivity index (χ0) is 52.2. The van der Waals surface area contributed by atoms with E-state index in [0.29, 0.717) is 19.4 Å². The van der Waals surface area contributed by atoms with Gasteiger partial charge in [-0.15, -0.1) is 0 Å². The summed E-state index contributed by atoms with van der Waals surface area (Å²) in [6.45, 7) is 4.92. The molecule has 0 bridgehead atoms. The molecule has 6 heteroatoms. The number of nitrogens with one attached hydrogen (secondary N) is 1. The highest BCUT2D eigenvalue weighted by Crippen LogP contribution is 2.18. The van der Waals surface area contributed by atoms with Gasteiger partial charge in [-0.05, 0) is 57.8 Å². The van der Waals surface area contributed by atoms with Crippen LogP contribution >= 0.6 is 0 Å². The summed E-state index contributed by atoms with van der Waals surface area (Å²) in [6, 6.07) is -0.626. The summed E-state index contributed by atoms with van der Waals surface area (Å²) < 4.78 is 5.48. The van der Waals surface area contributed by atoms with E-state index in [1.165, 1.54) is 289 Å². The standard InChI is InChI=1S/C66H127NO5/c1-3-5-7-9-11-13-15-17-19-31-34-38-42-46-50-54-58-64(69)63(62-68)67-65(70)59-55-51-47-43-39-35-32-29-27-25-23-21-20-22-24-26-28-30-33-37-41-45-49-53-57-61-72-66(71)60-56-52-48-44-40-36-18-16-14-12-10-8-6-4-2/h16,18,54,58,63-64,68-69H,3-15,17,19-53,55-57,59-62H2,1-2H3,(H,67,70)/b18-16-,58-54+. The van der Waals surface area contributed by atoms with Gasteiger partial charge in [-0.2, -0.15) is 0 Å². The maximum atomic E-state index is 12.5. The fraction of sp³-hybridized carbons (Fsp3) is 0.909. The summed E-state index contributed by atoms with van der Waals surface area (Å²) >= 11 is 0. The molecule has 1 amide bonds. The first-order valence-corrected chi connectivity index (χ1v) is 32.6. The third kappa shape index (κ3) is 57.6. The number of amides is 1. The first kappa shape index (κ1) is 70.3. The second-order valence-corrected chi connectivity index (χ2v) is 22.5. The molecule has 0 aliphatic rings. The summed E-state index contributed by atoms with van der Waals surface area (Å²) in [6.07, 6.45) is 76.6. The third-order valence-electron chi connectivity index (χ3n) is 15.2. The number of rotatable bonds is 61. The van der Waals surface area contributed by atoms with E-state index < -0.39 is 12.1 Å². The third-order valence-corrected chi connectivity index (χ3v) is 15.2. The van der Waals surface area contributed by atoms with Crippen LogP contribution in [-0.2, 0) is 14.3 Å². The summed E-state index contributed by atoms with van der Waals surface area (Å²) in [7, 11) is 0. The highest BCUT2D eigenvalue weighted by Gasteiger charge is 2.18. The van der Waals surface area contributed by atoms with Gasteiger partial charge in [0.1, 0.15) is 0 Å². The van der Waals surface area contributed by atoms with E-state index in [-0.39, 0.29) is 18.5 Å². The van der Waals surface area contributed by atoms with Crippen LogP contribution in [-0.4, -0.2) is 47.4 Å². The molecule has 72 heavy (non-hydrogen) atoms. The van der Waals surface area contributed by atoms with Crippen LogP contribution in [0.5, 0.6) is 0 Å². The van der Waals surface area contributed by atoms with E-state index in [1.807, 2.05) is 6.08 Å². The quantitative estimate of drug-likeness (QED) is 0.0320. The van der Waals surface area contributed by atoms with Crippen LogP contribution in [0.15, 0.2) is 24.3 Å². The van der Waals surface area contributed by atoms with Crippen molar-refractivity contribution in [2.45, 2.75) is 373 Å². The number of carbonyl (C=O) groups is 2. The molecule has 0 spiro atoms. The van der Waals surface area contributed by atoms with Gasteiger partial charge in [0.25, 0.3) is 0 Å². The van der Waals surface area contributed by atoms with E-state index in [0.717, 1.165) is 44.9 Å². The Balaban J connectivity index is 3.38. The van der Waals surface area contributed by atoms with E-state index in [1.54, 1.807) is 6.08 Å². The van der Waals surface area contributed by atoms with Gasteiger partial charge in [0, 0.05) is 12.8 Å². The van der Waals surface area contributed by atoms with Crippen LogP contribution in [0.3, 0.4) is 0 Å². The molecule has 0 aromatic carbocycles. The van der Waals surface area contributed by atoms with Crippen molar-refractivity contribution in [3.05, 3.63) is 24.3 Å². The van der Waals surface area contributed by atoms with Crippen LogP contribution in [0.25, 0.3) is 0 Å². The number of esters is 1. The van der Waals surface area contributed by atoms with Gasteiger partial charge in [-0.25, -0.2) is 0 Å². The first-order chi connectivity index (χ1) is 35.5. The molecule has 0 fully saturated rings. The largest absolute Gasteiger partial charge is 0.466 e. The minimum absolute atomic E-state index is 0.00781. The summed E-state index contributed by atoms with van der Waals surface area (Å²) in [5.41, 5.74) is 0. The Labute approximate surface area is 450 Å². The Morgan fingerprint density at radius 1 is 0.375 bits per heavy atom. The topological polar surface area (TPSA) is 95.9 Å². The van der Waals surface area contributed by atoms with Crippen molar-refractivity contribution in [3.8, 4) is 0 Å². The number of hydrogen-bond donors (Lipinski definition) is 3. The van der Waals surface area contributed by atoms with Crippen LogP contribution in [0.2, 0.25) is 0 Å². The molecule has 6 nitrogen and oxygen atoms in total. The maximum Gasteiger partial charge on any atom is 0.305 e. The number of carbonyl (C=O) groups excluding carboxylic acids is 2. The van der Waals surface area contributed by atoms with Crippen molar-refractivity contribution < 1.29 is 24.5 Å². The predicted molar refractivity (Wildman–Crippen MR) is 315 cm³/mol. The lowest BCUT2D eigenvalue weighted by atomic mass is 10.0. The maximum absolute atomic E-state index is 12.5. The minimum Gasteiger partial charge on any atom is -0.466 e. The number of unbranched alkanes of at least 4 members (excludes halogenated alkanes) is 48. The lowest BCUT2D eigenvalue weighted by Crippen LogP contribution is -2.45. The van der Waals surface area contributed by atoms with Crippen LogP contribution in [0, 0.1) is 0 Å². The fourth-order valence-corrected chi connectivity index (χ4v) is 10.2. The highest BCUT2D eigenvalue weighted by atomic mass is 16.5. The zero-order valence-corrected chi connectivity index (χ0v) is 48.7. The molecule has 0 heterocycles. The average Bonchev–Trinajstić information content (AvgIpc) is 3.38. The van der Waals surface area contributed by atoms with E-state index in [9.17, 15) is 19.8 Å². The molecule has 0 rings (SSSR count). The minimum atomic E-state index is -0.843. The van der Waals surface area contributed by atoms with Gasteiger partial charge in [0.2, 0.25) is 5.91 Å². The molecule has 0 saturated carbocycles. The predicted octanol–water partition coefficient (Wildman–Crippen LogP) is 20.6. The second kappa shape index (κ2) is 61.9. The van der Waals surface area contributed by atoms with Gasteiger partial charge in [-0.3, -0.25) is 9.59 Å². The molecule has 2 atom stereocenters. The lowest BCUT2D eigenvalue weighted by Gasteiger charge is -2.20. The number of aliphatic hydroxyl groups excluding tert-OH is 2. The number of ether oxygens (including phenoxy) is 1. The van der Waals surface area contributed by atoms with Gasteiger partial charge in [0.05, 0.1) is 25.4 Å². The molecular weight excluding hydrogens is 887 g/mol. The van der Waals surface area contributed by atoms with Crippen molar-refractivity contribution in [1.29, 1.82) is 0 Å². The molecule has 0 aromatic rings. The molecule has 3 N–H and O–H groups in total.